The van der Waals surface area contributed by atoms with Crippen LogP contribution in [0.3, 0.4) is 0 Å². The van der Waals surface area contributed by atoms with Gasteiger partial charge < -0.3 is 10.1 Å². The fourth-order valence-corrected chi connectivity index (χ4v) is 2.58. The predicted octanol–water partition coefficient (Wildman–Crippen LogP) is 4.66. The Kier molecular flexibility index (Phi) is 8.79. The topological polar surface area (TPSA) is 21.3 Å². The summed E-state index contributed by atoms with van der Waals surface area (Å²) in [5.74, 6) is 2.24. The molecular formula is C17H29NOS. The van der Waals surface area contributed by atoms with Crippen LogP contribution in [0.1, 0.15) is 51.6 Å². The van der Waals surface area contributed by atoms with E-state index in [0.717, 1.165) is 12.3 Å². The number of nitrogens with one attached hydrogen (secondary N) is 1. The average molecular weight is 295 g/mol. The van der Waals surface area contributed by atoms with Crippen molar-refractivity contribution in [2.75, 3.05) is 18.6 Å². The molecule has 0 heterocycles. The fraction of sp³-hybridized carbons (Fsp3) is 0.647. The summed E-state index contributed by atoms with van der Waals surface area (Å²) in [6, 6.07) is 8.84. The molecule has 0 saturated heterocycles. The van der Waals surface area contributed by atoms with Crippen LogP contribution in [0.4, 0.5) is 0 Å². The minimum absolute atomic E-state index is 0.234. The highest BCUT2D eigenvalue weighted by Gasteiger charge is 2.05. The van der Waals surface area contributed by atoms with Crippen molar-refractivity contribution in [3.05, 3.63) is 29.8 Å². The lowest BCUT2D eigenvalue weighted by Crippen LogP contribution is -2.19. The van der Waals surface area contributed by atoms with Crippen molar-refractivity contribution < 1.29 is 4.74 Å². The molecule has 20 heavy (non-hydrogen) atoms. The molecule has 2 nitrogen and oxygen atoms in total. The second-order valence-corrected chi connectivity index (χ2v) is 6.45. The summed E-state index contributed by atoms with van der Waals surface area (Å²) in [7, 11) is 0. The van der Waals surface area contributed by atoms with Crippen LogP contribution in [0.15, 0.2) is 24.3 Å². The lowest BCUT2D eigenvalue weighted by Gasteiger charge is -2.15. The largest absolute Gasteiger partial charge is 0.491 e. The number of ether oxygens (including phenoxy) is 1. The quantitative estimate of drug-likeness (QED) is 0.634. The third kappa shape index (κ3) is 7.20. The van der Waals surface area contributed by atoms with Gasteiger partial charge in [0.05, 0.1) is 6.10 Å². The summed E-state index contributed by atoms with van der Waals surface area (Å²) >= 11 is 1.94. The Balaban J connectivity index is 2.27. The molecule has 1 aromatic rings. The average Bonchev–Trinajstić information content (AvgIpc) is 2.42. The Bertz CT molecular complexity index is 351. The van der Waals surface area contributed by atoms with Crippen molar-refractivity contribution in [1.82, 2.24) is 5.32 Å². The normalized spacial score (nSPS) is 12.7. The van der Waals surface area contributed by atoms with E-state index in [1.165, 1.54) is 30.6 Å². The lowest BCUT2D eigenvalue weighted by molar-refractivity contribution is 0.242. The maximum atomic E-state index is 5.66. The number of hydrogen-bond donors (Lipinski definition) is 1. The minimum Gasteiger partial charge on any atom is -0.491 e. The van der Waals surface area contributed by atoms with Gasteiger partial charge in [-0.1, -0.05) is 18.6 Å². The highest BCUT2D eigenvalue weighted by atomic mass is 32.2. The zero-order valence-electron chi connectivity index (χ0n) is 13.3. The molecule has 3 heteroatoms. The van der Waals surface area contributed by atoms with E-state index < -0.39 is 0 Å². The van der Waals surface area contributed by atoms with Crippen molar-refractivity contribution in [3.8, 4) is 5.75 Å². The van der Waals surface area contributed by atoms with Gasteiger partial charge in [-0.2, -0.15) is 11.8 Å². The van der Waals surface area contributed by atoms with Gasteiger partial charge in [0.15, 0.2) is 0 Å². The highest BCUT2D eigenvalue weighted by Crippen LogP contribution is 2.18. The second-order valence-electron chi connectivity index (χ2n) is 5.46. The van der Waals surface area contributed by atoms with Crippen molar-refractivity contribution in [3.63, 3.8) is 0 Å². The molecule has 0 aliphatic carbocycles. The molecule has 0 amide bonds. The minimum atomic E-state index is 0.234. The van der Waals surface area contributed by atoms with Crippen LogP contribution in [0, 0.1) is 0 Å². The van der Waals surface area contributed by atoms with Crippen LogP contribution in [0.5, 0.6) is 5.75 Å². The van der Waals surface area contributed by atoms with Gasteiger partial charge in [-0.05, 0) is 69.9 Å². The summed E-state index contributed by atoms with van der Waals surface area (Å²) in [5, 5.41) is 3.59. The van der Waals surface area contributed by atoms with Crippen molar-refractivity contribution in [1.29, 1.82) is 0 Å². The number of hydrogen-bond acceptors (Lipinski definition) is 3. The van der Waals surface area contributed by atoms with E-state index in [9.17, 15) is 0 Å². The molecule has 1 rings (SSSR count). The van der Waals surface area contributed by atoms with E-state index in [1.54, 1.807) is 0 Å². The molecule has 0 aliphatic rings. The smallest absolute Gasteiger partial charge is 0.119 e. The molecule has 0 bridgehead atoms. The molecule has 0 fully saturated rings. The third-order valence-corrected chi connectivity index (χ3v) is 3.92. The van der Waals surface area contributed by atoms with Crippen LogP contribution < -0.4 is 10.1 Å². The standard InChI is InChI=1S/C17H29NOS/c1-14(2)19-17-10-8-16(9-11-17)15(3)18-12-6-5-7-13-20-4/h8-11,14-15,18H,5-7,12-13H2,1-4H3. The van der Waals surface area contributed by atoms with Crippen LogP contribution in [0.25, 0.3) is 0 Å². The first-order chi connectivity index (χ1) is 9.63. The first-order valence-corrected chi connectivity index (χ1v) is 9.01. The van der Waals surface area contributed by atoms with Crippen molar-refractivity contribution in [2.45, 2.75) is 52.2 Å². The molecule has 0 spiro atoms. The summed E-state index contributed by atoms with van der Waals surface area (Å²) in [5.41, 5.74) is 1.32. The molecular weight excluding hydrogens is 266 g/mol. The van der Waals surface area contributed by atoms with E-state index in [1.807, 2.05) is 11.8 Å². The maximum Gasteiger partial charge on any atom is 0.119 e. The predicted molar refractivity (Wildman–Crippen MR) is 90.9 cm³/mol. The van der Waals surface area contributed by atoms with Gasteiger partial charge in [-0.25, -0.2) is 0 Å². The van der Waals surface area contributed by atoms with Gasteiger partial charge in [0.25, 0.3) is 0 Å². The van der Waals surface area contributed by atoms with Gasteiger partial charge in [-0.3, -0.25) is 0 Å². The third-order valence-electron chi connectivity index (χ3n) is 3.23. The molecule has 1 aromatic carbocycles. The fourth-order valence-electron chi connectivity index (χ4n) is 2.09. The molecule has 0 saturated carbocycles. The molecule has 0 radical (unpaired) electrons. The van der Waals surface area contributed by atoms with Gasteiger partial charge in [0.2, 0.25) is 0 Å². The Labute approximate surface area is 128 Å². The number of rotatable bonds is 10. The summed E-state index contributed by atoms with van der Waals surface area (Å²) in [4.78, 5) is 0. The van der Waals surface area contributed by atoms with Crippen LogP contribution in [-0.2, 0) is 0 Å². The van der Waals surface area contributed by atoms with Crippen LogP contribution in [-0.4, -0.2) is 24.7 Å². The molecule has 1 atom stereocenters. The van der Waals surface area contributed by atoms with Crippen LogP contribution >= 0.6 is 11.8 Å². The van der Waals surface area contributed by atoms with Gasteiger partial charge >= 0.3 is 0 Å². The Morgan fingerprint density at radius 2 is 1.75 bits per heavy atom. The van der Waals surface area contributed by atoms with Crippen molar-refractivity contribution >= 4 is 11.8 Å². The second kappa shape index (κ2) is 10.1. The first-order valence-electron chi connectivity index (χ1n) is 7.62. The Morgan fingerprint density at radius 3 is 2.35 bits per heavy atom. The molecule has 0 aliphatic heterocycles. The van der Waals surface area contributed by atoms with E-state index in [0.29, 0.717) is 6.04 Å². The summed E-state index contributed by atoms with van der Waals surface area (Å²) < 4.78 is 5.66. The van der Waals surface area contributed by atoms with Crippen molar-refractivity contribution in [2.24, 2.45) is 0 Å². The van der Waals surface area contributed by atoms with Gasteiger partial charge in [0.1, 0.15) is 5.75 Å². The van der Waals surface area contributed by atoms with E-state index in [2.05, 4.69) is 56.6 Å². The molecule has 1 N–H and O–H groups in total. The van der Waals surface area contributed by atoms with E-state index in [-0.39, 0.29) is 6.10 Å². The number of unbranched alkanes of at least 4 members (excludes halogenated alkanes) is 2. The molecule has 1 unspecified atom stereocenters. The Morgan fingerprint density at radius 1 is 1.05 bits per heavy atom. The Hall–Kier alpha value is -0.670. The summed E-state index contributed by atoms with van der Waals surface area (Å²) in [6.45, 7) is 7.42. The zero-order valence-corrected chi connectivity index (χ0v) is 14.1. The number of thioether (sulfide) groups is 1. The zero-order chi connectivity index (χ0) is 14.8. The molecule has 114 valence electrons. The highest BCUT2D eigenvalue weighted by molar-refractivity contribution is 7.98. The summed E-state index contributed by atoms with van der Waals surface area (Å²) in [6.07, 6.45) is 6.32. The molecule has 0 aromatic heterocycles. The SMILES string of the molecule is CSCCCCCNC(C)c1ccc(OC(C)C)cc1. The van der Waals surface area contributed by atoms with Crippen LogP contribution in [0.2, 0.25) is 0 Å². The van der Waals surface area contributed by atoms with E-state index >= 15 is 0 Å². The van der Waals surface area contributed by atoms with Gasteiger partial charge in [-0.15, -0.1) is 0 Å². The van der Waals surface area contributed by atoms with E-state index in [4.69, 9.17) is 4.74 Å². The first kappa shape index (κ1) is 17.4. The van der Waals surface area contributed by atoms with Gasteiger partial charge in [0, 0.05) is 6.04 Å². The monoisotopic (exact) mass is 295 g/mol. The number of benzene rings is 1. The maximum absolute atomic E-state index is 5.66. The lowest BCUT2D eigenvalue weighted by atomic mass is 10.1.